The van der Waals surface area contributed by atoms with E-state index in [1.165, 1.54) is 11.3 Å². The molecule has 0 saturated carbocycles. The van der Waals surface area contributed by atoms with Gasteiger partial charge in [0.05, 0.1) is 6.61 Å². The summed E-state index contributed by atoms with van der Waals surface area (Å²) in [6.45, 7) is 5.55. The van der Waals surface area contributed by atoms with E-state index < -0.39 is 5.97 Å². The second kappa shape index (κ2) is 5.88. The van der Waals surface area contributed by atoms with Crippen molar-refractivity contribution in [3.05, 3.63) is 21.9 Å². The van der Waals surface area contributed by atoms with Crippen molar-refractivity contribution in [3.63, 3.8) is 0 Å². The van der Waals surface area contributed by atoms with Crippen molar-refractivity contribution < 1.29 is 14.6 Å². The SMILES string of the molecule is CC(C)CCOCc1ccc(C(=O)O)s1. The van der Waals surface area contributed by atoms with Gasteiger partial charge in [-0.15, -0.1) is 11.3 Å². The summed E-state index contributed by atoms with van der Waals surface area (Å²) in [4.78, 5) is 11.9. The largest absolute Gasteiger partial charge is 0.477 e. The van der Waals surface area contributed by atoms with E-state index in [0.717, 1.165) is 17.9 Å². The first kappa shape index (κ1) is 12.2. The molecule has 0 radical (unpaired) electrons. The van der Waals surface area contributed by atoms with Gasteiger partial charge in [0.15, 0.2) is 0 Å². The van der Waals surface area contributed by atoms with Crippen molar-refractivity contribution in [2.45, 2.75) is 26.9 Å². The Bertz CT molecular complexity index is 317. The van der Waals surface area contributed by atoms with Crippen LogP contribution in [-0.4, -0.2) is 17.7 Å². The number of hydrogen-bond acceptors (Lipinski definition) is 3. The van der Waals surface area contributed by atoms with E-state index in [1.807, 2.05) is 6.07 Å². The lowest BCUT2D eigenvalue weighted by Crippen LogP contribution is -1.98. The molecule has 4 heteroatoms. The molecule has 0 amide bonds. The topological polar surface area (TPSA) is 46.5 Å². The van der Waals surface area contributed by atoms with Gasteiger partial charge in [-0.25, -0.2) is 4.79 Å². The minimum Gasteiger partial charge on any atom is -0.477 e. The Hall–Kier alpha value is -0.870. The second-order valence-corrected chi connectivity index (χ2v) is 4.97. The molecule has 1 aromatic heterocycles. The van der Waals surface area contributed by atoms with Gasteiger partial charge in [0, 0.05) is 11.5 Å². The number of aromatic carboxylic acids is 1. The molecule has 0 unspecified atom stereocenters. The Morgan fingerprint density at radius 2 is 2.27 bits per heavy atom. The minimum atomic E-state index is -0.867. The number of ether oxygens (including phenoxy) is 1. The van der Waals surface area contributed by atoms with Gasteiger partial charge in [-0.2, -0.15) is 0 Å². The standard InChI is InChI=1S/C11H16O3S/c1-8(2)5-6-14-7-9-3-4-10(15-9)11(12)13/h3-4,8H,5-7H2,1-2H3,(H,12,13). The van der Waals surface area contributed by atoms with Crippen molar-refractivity contribution >= 4 is 17.3 Å². The van der Waals surface area contributed by atoms with Gasteiger partial charge in [0.2, 0.25) is 0 Å². The van der Waals surface area contributed by atoms with Crippen LogP contribution in [0, 0.1) is 5.92 Å². The van der Waals surface area contributed by atoms with E-state index in [0.29, 0.717) is 17.4 Å². The fraction of sp³-hybridized carbons (Fsp3) is 0.545. The van der Waals surface area contributed by atoms with E-state index in [9.17, 15) is 4.79 Å². The molecule has 0 aliphatic carbocycles. The summed E-state index contributed by atoms with van der Waals surface area (Å²) in [5.41, 5.74) is 0. The minimum absolute atomic E-state index is 0.373. The van der Waals surface area contributed by atoms with Gasteiger partial charge in [0.1, 0.15) is 4.88 Å². The normalized spacial score (nSPS) is 10.9. The van der Waals surface area contributed by atoms with Gasteiger partial charge in [-0.05, 0) is 24.5 Å². The highest BCUT2D eigenvalue weighted by molar-refractivity contribution is 7.13. The van der Waals surface area contributed by atoms with Crippen LogP contribution in [0.15, 0.2) is 12.1 Å². The molecule has 15 heavy (non-hydrogen) atoms. The van der Waals surface area contributed by atoms with E-state index in [4.69, 9.17) is 9.84 Å². The van der Waals surface area contributed by atoms with Crippen LogP contribution in [0.1, 0.15) is 34.8 Å². The Morgan fingerprint density at radius 3 is 2.80 bits per heavy atom. The summed E-state index contributed by atoms with van der Waals surface area (Å²) in [7, 11) is 0. The maximum Gasteiger partial charge on any atom is 0.345 e. The van der Waals surface area contributed by atoms with Gasteiger partial charge in [-0.3, -0.25) is 0 Å². The highest BCUT2D eigenvalue weighted by atomic mass is 32.1. The van der Waals surface area contributed by atoms with Crippen LogP contribution in [0.2, 0.25) is 0 Å². The lowest BCUT2D eigenvalue weighted by molar-refractivity contribution is 0.0702. The fourth-order valence-electron chi connectivity index (χ4n) is 1.06. The average Bonchev–Trinajstić information content (AvgIpc) is 2.60. The molecule has 0 fully saturated rings. The predicted octanol–water partition coefficient (Wildman–Crippen LogP) is 3.01. The van der Waals surface area contributed by atoms with Crippen molar-refractivity contribution in [3.8, 4) is 0 Å². The first-order valence-electron chi connectivity index (χ1n) is 4.99. The Kier molecular flexibility index (Phi) is 4.78. The van der Waals surface area contributed by atoms with Crippen LogP contribution in [-0.2, 0) is 11.3 Å². The molecular formula is C11H16O3S. The van der Waals surface area contributed by atoms with Gasteiger partial charge < -0.3 is 9.84 Å². The van der Waals surface area contributed by atoms with E-state index in [-0.39, 0.29) is 0 Å². The number of rotatable bonds is 6. The molecule has 1 rings (SSSR count). The Morgan fingerprint density at radius 1 is 1.53 bits per heavy atom. The fourth-order valence-corrected chi connectivity index (χ4v) is 1.85. The maximum atomic E-state index is 10.6. The third-order valence-corrected chi connectivity index (χ3v) is 3.00. The zero-order valence-corrected chi connectivity index (χ0v) is 9.84. The highest BCUT2D eigenvalue weighted by Crippen LogP contribution is 2.17. The lowest BCUT2D eigenvalue weighted by Gasteiger charge is -2.04. The van der Waals surface area contributed by atoms with Crippen LogP contribution in [0.3, 0.4) is 0 Å². The molecular weight excluding hydrogens is 212 g/mol. The van der Waals surface area contributed by atoms with E-state index in [1.54, 1.807) is 6.07 Å². The summed E-state index contributed by atoms with van der Waals surface area (Å²) in [5, 5.41) is 8.71. The third-order valence-electron chi connectivity index (χ3n) is 1.96. The zero-order chi connectivity index (χ0) is 11.3. The van der Waals surface area contributed by atoms with E-state index in [2.05, 4.69) is 13.8 Å². The molecule has 3 nitrogen and oxygen atoms in total. The molecule has 0 aliphatic rings. The Balaban J connectivity index is 2.29. The van der Waals surface area contributed by atoms with E-state index >= 15 is 0 Å². The van der Waals surface area contributed by atoms with Crippen molar-refractivity contribution in [1.29, 1.82) is 0 Å². The van der Waals surface area contributed by atoms with Crippen LogP contribution >= 0.6 is 11.3 Å². The van der Waals surface area contributed by atoms with Crippen LogP contribution in [0.5, 0.6) is 0 Å². The van der Waals surface area contributed by atoms with Gasteiger partial charge >= 0.3 is 5.97 Å². The van der Waals surface area contributed by atoms with Gasteiger partial charge in [0.25, 0.3) is 0 Å². The molecule has 0 atom stereocenters. The van der Waals surface area contributed by atoms with Crippen LogP contribution < -0.4 is 0 Å². The summed E-state index contributed by atoms with van der Waals surface area (Å²) in [5.74, 6) is -0.226. The summed E-state index contributed by atoms with van der Waals surface area (Å²) < 4.78 is 5.44. The molecule has 0 aromatic carbocycles. The second-order valence-electron chi connectivity index (χ2n) is 3.81. The number of carboxylic acids is 1. The molecule has 84 valence electrons. The van der Waals surface area contributed by atoms with Crippen molar-refractivity contribution in [1.82, 2.24) is 0 Å². The predicted molar refractivity (Wildman–Crippen MR) is 60.4 cm³/mol. The smallest absolute Gasteiger partial charge is 0.345 e. The Labute approximate surface area is 93.7 Å². The van der Waals surface area contributed by atoms with Crippen molar-refractivity contribution in [2.75, 3.05) is 6.61 Å². The third kappa shape index (κ3) is 4.44. The molecule has 0 aliphatic heterocycles. The molecule has 1 N–H and O–H groups in total. The maximum absolute atomic E-state index is 10.6. The number of carbonyl (C=O) groups is 1. The molecule has 0 spiro atoms. The van der Waals surface area contributed by atoms with Crippen LogP contribution in [0.4, 0.5) is 0 Å². The molecule has 0 bridgehead atoms. The molecule has 0 saturated heterocycles. The first-order chi connectivity index (χ1) is 7.09. The number of carboxylic acid groups (broad SMARTS) is 1. The average molecular weight is 228 g/mol. The first-order valence-corrected chi connectivity index (χ1v) is 5.81. The highest BCUT2D eigenvalue weighted by Gasteiger charge is 2.06. The number of thiophene rings is 1. The lowest BCUT2D eigenvalue weighted by atomic mass is 10.1. The summed E-state index contributed by atoms with van der Waals surface area (Å²) in [6, 6.07) is 3.43. The van der Waals surface area contributed by atoms with Crippen LogP contribution in [0.25, 0.3) is 0 Å². The summed E-state index contributed by atoms with van der Waals surface area (Å²) in [6.07, 6.45) is 1.04. The molecule has 1 heterocycles. The number of hydrogen-bond donors (Lipinski definition) is 1. The zero-order valence-electron chi connectivity index (χ0n) is 9.03. The quantitative estimate of drug-likeness (QED) is 0.761. The monoisotopic (exact) mass is 228 g/mol. The van der Waals surface area contributed by atoms with Crippen molar-refractivity contribution in [2.24, 2.45) is 5.92 Å². The van der Waals surface area contributed by atoms with Gasteiger partial charge in [-0.1, -0.05) is 13.8 Å². The summed E-state index contributed by atoms with van der Waals surface area (Å²) >= 11 is 1.28. The molecule has 1 aromatic rings.